The number of allylic oxidation sites excluding steroid dienone is 2. The van der Waals surface area contributed by atoms with Gasteiger partial charge in [0.05, 0.1) is 0 Å². The van der Waals surface area contributed by atoms with Gasteiger partial charge in [0.1, 0.15) is 5.75 Å². The van der Waals surface area contributed by atoms with Crippen LogP contribution in [0, 0.1) is 0 Å². The van der Waals surface area contributed by atoms with Gasteiger partial charge in [-0.15, -0.1) is 0 Å². The number of rotatable bonds is 15. The van der Waals surface area contributed by atoms with Gasteiger partial charge in [0, 0.05) is 24.1 Å². The Morgan fingerprint density at radius 2 is 1.47 bits per heavy atom. The zero-order valence-corrected chi connectivity index (χ0v) is 30.4. The molecule has 0 spiro atoms. The van der Waals surface area contributed by atoms with Gasteiger partial charge in [0.15, 0.2) is 40.2 Å². The summed E-state index contributed by atoms with van der Waals surface area (Å²) in [6, 6.07) is 12.7. The largest absolute Gasteiger partial charge is 0.508 e. The molecule has 13 nitrogen and oxygen atoms in total. The van der Waals surface area contributed by atoms with Crippen LogP contribution in [0.2, 0.25) is 0 Å². The van der Waals surface area contributed by atoms with Gasteiger partial charge in [-0.1, -0.05) is 44.9 Å². The number of ether oxygens (including phenoxy) is 1. The number of phenolic OH excluding ortho intramolecular Hbond substituents is 8. The van der Waals surface area contributed by atoms with Crippen molar-refractivity contribution >= 4 is 29.2 Å². The van der Waals surface area contributed by atoms with E-state index in [-0.39, 0.29) is 41.5 Å². The minimum atomic E-state index is -1.81. The van der Waals surface area contributed by atoms with Gasteiger partial charge in [-0.2, -0.15) is 0 Å². The molecule has 0 bridgehead atoms. The number of esters is 1. The van der Waals surface area contributed by atoms with Gasteiger partial charge in [-0.3, -0.25) is 0 Å². The summed E-state index contributed by atoms with van der Waals surface area (Å²) in [7, 11) is 0. The molecule has 1 aliphatic carbocycles. The molecule has 0 amide bonds. The van der Waals surface area contributed by atoms with Gasteiger partial charge in [0.2, 0.25) is 6.10 Å². The van der Waals surface area contributed by atoms with Crippen LogP contribution >= 0.6 is 0 Å². The van der Waals surface area contributed by atoms with Crippen molar-refractivity contribution < 1.29 is 60.3 Å². The number of benzene rings is 4. The van der Waals surface area contributed by atoms with Crippen LogP contribution in [0.5, 0.6) is 46.0 Å². The van der Waals surface area contributed by atoms with Crippen molar-refractivity contribution in [1.82, 2.24) is 5.32 Å². The first-order valence-electron chi connectivity index (χ1n) is 18.0. The lowest BCUT2D eigenvalue weighted by atomic mass is 9.81. The van der Waals surface area contributed by atoms with Crippen molar-refractivity contribution in [3.05, 3.63) is 88.5 Å². The smallest absolute Gasteiger partial charge is 0.345 e. The number of aromatic hydroxyl groups is 8. The van der Waals surface area contributed by atoms with Crippen molar-refractivity contribution in [2.45, 2.75) is 64.4 Å². The number of carboxylic acid groups (broad SMARTS) is 1. The third-order valence-electron chi connectivity index (χ3n) is 9.68. The Labute approximate surface area is 317 Å². The summed E-state index contributed by atoms with van der Waals surface area (Å²) in [4.78, 5) is 26.4. The normalized spacial score (nSPS) is 13.8. The molecule has 2 unspecified atom stereocenters. The summed E-state index contributed by atoms with van der Waals surface area (Å²) in [6.45, 7) is 4.15. The molecule has 4 aromatic rings. The highest BCUT2D eigenvalue weighted by atomic mass is 16.6. The minimum Gasteiger partial charge on any atom is -0.508 e. The molecule has 55 heavy (non-hydrogen) atoms. The number of carbonyl (C=O) groups is 2. The van der Waals surface area contributed by atoms with Crippen LogP contribution in [0.3, 0.4) is 0 Å². The molecule has 2 atom stereocenters. The molecule has 1 aliphatic rings. The number of carboxylic acids is 1. The summed E-state index contributed by atoms with van der Waals surface area (Å²) in [5.41, 5.74) is 4.00. The quantitative estimate of drug-likeness (QED) is 0.0259. The molecule has 0 aromatic heterocycles. The maximum absolute atomic E-state index is 13.8. The van der Waals surface area contributed by atoms with E-state index in [0.29, 0.717) is 70.3 Å². The van der Waals surface area contributed by atoms with Crippen molar-refractivity contribution in [2.24, 2.45) is 0 Å². The van der Waals surface area contributed by atoms with Crippen molar-refractivity contribution in [2.75, 3.05) is 13.1 Å². The summed E-state index contributed by atoms with van der Waals surface area (Å²) in [5.74, 6) is -7.33. The molecule has 0 saturated heterocycles. The van der Waals surface area contributed by atoms with Gasteiger partial charge >= 0.3 is 11.9 Å². The van der Waals surface area contributed by atoms with E-state index in [0.717, 1.165) is 31.1 Å². The Morgan fingerprint density at radius 3 is 2.11 bits per heavy atom. The first kappa shape index (κ1) is 39.9. The Bertz CT molecular complexity index is 2130. The Kier molecular flexibility index (Phi) is 12.5. The fraction of sp³-hybridized carbons (Fsp3) is 0.286. The van der Waals surface area contributed by atoms with E-state index < -0.39 is 47.0 Å². The monoisotopic (exact) mass is 755 g/mol. The van der Waals surface area contributed by atoms with Crippen LogP contribution in [0.4, 0.5) is 0 Å². The Hall–Kier alpha value is -6.34. The minimum absolute atomic E-state index is 0.00661. The number of nitrogens with one attached hydrogen (secondary N) is 1. The highest BCUT2D eigenvalue weighted by molar-refractivity contribution is 5.98. The molecule has 4 aromatic carbocycles. The van der Waals surface area contributed by atoms with E-state index >= 15 is 0 Å². The molecule has 0 heterocycles. The van der Waals surface area contributed by atoms with Crippen molar-refractivity contribution in [3.8, 4) is 57.1 Å². The Balaban J connectivity index is 1.62. The molecule has 0 radical (unpaired) electrons. The second-order valence-corrected chi connectivity index (χ2v) is 13.4. The van der Waals surface area contributed by atoms with Gasteiger partial charge in [-0.05, 0) is 119 Å². The average Bonchev–Trinajstić information content (AvgIpc) is 3.15. The second-order valence-electron chi connectivity index (χ2n) is 13.4. The number of carbonyl (C=O) groups excluding carboxylic acids is 1. The van der Waals surface area contributed by atoms with E-state index in [4.69, 9.17) is 4.74 Å². The van der Waals surface area contributed by atoms with E-state index in [1.54, 1.807) is 25.1 Å². The summed E-state index contributed by atoms with van der Waals surface area (Å²) < 4.78 is 5.60. The summed E-state index contributed by atoms with van der Waals surface area (Å²) in [6.07, 6.45) is 4.20. The first-order valence-corrected chi connectivity index (χ1v) is 18.0. The van der Waals surface area contributed by atoms with Gasteiger partial charge < -0.3 is 56.0 Å². The Morgan fingerprint density at radius 1 is 0.800 bits per heavy atom. The van der Waals surface area contributed by atoms with E-state index in [9.17, 15) is 55.5 Å². The van der Waals surface area contributed by atoms with E-state index in [1.807, 2.05) is 6.92 Å². The number of phenols is 8. The van der Waals surface area contributed by atoms with Crippen molar-refractivity contribution in [3.63, 3.8) is 0 Å². The first-order chi connectivity index (χ1) is 26.2. The lowest BCUT2D eigenvalue weighted by Gasteiger charge is -2.25. The summed E-state index contributed by atoms with van der Waals surface area (Å²) in [5, 5.41) is 96.6. The zero-order chi connectivity index (χ0) is 40.0. The molecule has 0 fully saturated rings. The maximum Gasteiger partial charge on any atom is 0.345 e. The number of fused-ring (bicyclic) bond motifs is 1. The van der Waals surface area contributed by atoms with Crippen LogP contribution in [-0.4, -0.2) is 77.1 Å². The zero-order valence-electron chi connectivity index (χ0n) is 30.4. The number of hydrogen-bond donors (Lipinski definition) is 10. The van der Waals surface area contributed by atoms with Crippen molar-refractivity contribution in [1.29, 1.82) is 0 Å². The third-order valence-corrected chi connectivity index (χ3v) is 9.68. The van der Waals surface area contributed by atoms with Crippen LogP contribution in [0.15, 0.2) is 60.7 Å². The van der Waals surface area contributed by atoms with Crippen LogP contribution < -0.4 is 5.32 Å². The van der Waals surface area contributed by atoms with Crippen LogP contribution in [0.25, 0.3) is 28.3 Å². The molecular weight excluding hydrogens is 710 g/mol. The van der Waals surface area contributed by atoms with Crippen LogP contribution in [-0.2, 0) is 20.7 Å². The predicted octanol–water partition coefficient (Wildman–Crippen LogP) is 6.84. The van der Waals surface area contributed by atoms with Crippen LogP contribution in [0.1, 0.15) is 79.7 Å². The molecule has 10 N–H and O–H groups in total. The highest BCUT2D eigenvalue weighted by Crippen LogP contribution is 2.47. The molecule has 290 valence electrons. The third kappa shape index (κ3) is 8.90. The van der Waals surface area contributed by atoms with Gasteiger partial charge in [-0.25, -0.2) is 9.59 Å². The van der Waals surface area contributed by atoms with Gasteiger partial charge in [0.25, 0.3) is 0 Å². The lowest BCUT2D eigenvalue weighted by Crippen LogP contribution is -2.38. The molecule has 13 heteroatoms. The fourth-order valence-corrected chi connectivity index (χ4v) is 6.88. The SMILES string of the molecule is CCCCCC(=CC(=O)OC(C(=O)O)C(CNCC)c1cc(O)c(O)c(O)c1)c1cc(O)c(O)c2c1C=C(c1cc(O)c(O)cc1-c1cccc(O)c1)CC2. The fourth-order valence-electron chi connectivity index (χ4n) is 6.88. The molecule has 0 saturated carbocycles. The number of likely N-dealkylation sites (N-methyl/N-ethyl adjacent to an activating group) is 1. The average molecular weight is 756 g/mol. The predicted molar refractivity (Wildman–Crippen MR) is 205 cm³/mol. The van der Waals surface area contributed by atoms with E-state index in [1.165, 1.54) is 30.3 Å². The topological polar surface area (TPSA) is 237 Å². The molecule has 5 rings (SSSR count). The summed E-state index contributed by atoms with van der Waals surface area (Å²) >= 11 is 0. The standard InChI is InChI=1S/C42H45NO12/c1-3-5-6-8-23(17-38(50)55-41(42(53)54)32(21-43-4-2)25-15-35(47)40(52)36(48)16-25)30-20-37(49)39(51)27-12-11-24(14-31(27)30)29-19-34(46)33(45)18-28(29)22-9-7-10-26(44)13-22/h7,9-10,13-20,32,41,43-49,51-52H,3-6,8,11-12,21H2,1-2H3,(H,53,54). The van der Waals surface area contributed by atoms with E-state index in [2.05, 4.69) is 5.32 Å². The number of unbranched alkanes of at least 4 members (excludes halogenated alkanes) is 2. The highest BCUT2D eigenvalue weighted by Gasteiger charge is 2.34. The number of aliphatic carboxylic acids is 1. The lowest BCUT2D eigenvalue weighted by molar-refractivity contribution is -0.162. The molecular formula is C42H45NO12. The number of hydrogen-bond acceptors (Lipinski definition) is 12. The second kappa shape index (κ2) is 17.2. The molecule has 0 aliphatic heterocycles. The maximum atomic E-state index is 13.8.